The molecule has 0 unspecified atom stereocenters. The summed E-state index contributed by atoms with van der Waals surface area (Å²) in [4.78, 5) is 12.0. The Kier molecular flexibility index (Phi) is 5.05. The minimum absolute atomic E-state index is 0.0650. The molecular formula is C8H9ClINOS. The molecule has 0 radical (unpaired) electrons. The van der Waals surface area contributed by atoms with Gasteiger partial charge in [0.1, 0.15) is 4.88 Å². The number of carbonyl (C=O) groups excluding carboxylic acids is 1. The van der Waals surface area contributed by atoms with E-state index in [0.29, 0.717) is 9.90 Å². The lowest BCUT2D eigenvalue weighted by Gasteiger charge is -2.01. The second kappa shape index (κ2) is 5.82. The minimum Gasteiger partial charge on any atom is -0.351 e. The Bertz CT molecular complexity index is 289. The maximum absolute atomic E-state index is 11.4. The van der Waals surface area contributed by atoms with E-state index < -0.39 is 0 Å². The molecule has 13 heavy (non-hydrogen) atoms. The molecule has 0 saturated carbocycles. The molecule has 2 nitrogen and oxygen atoms in total. The molecule has 1 heterocycles. The first-order valence-corrected chi connectivity index (χ1v) is 6.61. The number of alkyl halides is 1. The Hall–Kier alpha value is 0.190. The highest BCUT2D eigenvalue weighted by Gasteiger charge is 2.10. The summed E-state index contributed by atoms with van der Waals surface area (Å²) in [5.41, 5.74) is 0. The molecule has 0 aliphatic heterocycles. The Morgan fingerprint density at radius 3 is 3.00 bits per heavy atom. The highest BCUT2D eigenvalue weighted by Crippen LogP contribution is 2.21. The van der Waals surface area contributed by atoms with E-state index in [0.717, 1.165) is 17.4 Å². The van der Waals surface area contributed by atoms with Crippen molar-refractivity contribution in [1.82, 2.24) is 5.32 Å². The van der Waals surface area contributed by atoms with Crippen LogP contribution in [0.5, 0.6) is 0 Å². The van der Waals surface area contributed by atoms with Crippen LogP contribution >= 0.6 is 45.5 Å². The first kappa shape index (κ1) is 11.3. The summed E-state index contributed by atoms with van der Waals surface area (Å²) in [6, 6.07) is 1.74. The number of rotatable bonds is 4. The van der Waals surface area contributed by atoms with Crippen molar-refractivity contribution in [1.29, 1.82) is 0 Å². The second-order valence-electron chi connectivity index (χ2n) is 2.40. The van der Waals surface area contributed by atoms with Crippen molar-refractivity contribution in [2.75, 3.05) is 11.0 Å². The van der Waals surface area contributed by atoms with Gasteiger partial charge in [-0.25, -0.2) is 0 Å². The lowest BCUT2D eigenvalue weighted by atomic mass is 10.4. The van der Waals surface area contributed by atoms with E-state index in [9.17, 15) is 4.79 Å². The van der Waals surface area contributed by atoms with Gasteiger partial charge in [-0.3, -0.25) is 4.79 Å². The van der Waals surface area contributed by atoms with Gasteiger partial charge < -0.3 is 5.32 Å². The van der Waals surface area contributed by atoms with Crippen molar-refractivity contribution in [3.8, 4) is 0 Å². The van der Waals surface area contributed by atoms with E-state index in [4.69, 9.17) is 11.6 Å². The Morgan fingerprint density at radius 2 is 2.46 bits per heavy atom. The first-order valence-electron chi connectivity index (χ1n) is 3.83. The number of halogens is 2. The van der Waals surface area contributed by atoms with Crippen LogP contribution in [-0.2, 0) is 0 Å². The van der Waals surface area contributed by atoms with Gasteiger partial charge in [-0.05, 0) is 17.9 Å². The van der Waals surface area contributed by atoms with Crippen molar-refractivity contribution in [2.24, 2.45) is 0 Å². The van der Waals surface area contributed by atoms with Crippen molar-refractivity contribution in [3.63, 3.8) is 0 Å². The molecule has 0 fully saturated rings. The van der Waals surface area contributed by atoms with E-state index in [1.54, 1.807) is 6.07 Å². The van der Waals surface area contributed by atoms with Gasteiger partial charge >= 0.3 is 0 Å². The quantitative estimate of drug-likeness (QED) is 0.514. The van der Waals surface area contributed by atoms with E-state index in [-0.39, 0.29) is 5.91 Å². The normalized spacial score (nSPS) is 10.0. The van der Waals surface area contributed by atoms with E-state index in [1.165, 1.54) is 11.3 Å². The van der Waals surface area contributed by atoms with E-state index in [2.05, 4.69) is 27.9 Å². The molecule has 0 aromatic carbocycles. The van der Waals surface area contributed by atoms with Gasteiger partial charge in [-0.1, -0.05) is 34.2 Å². The molecule has 5 heteroatoms. The van der Waals surface area contributed by atoms with Crippen molar-refractivity contribution < 1.29 is 4.79 Å². The summed E-state index contributed by atoms with van der Waals surface area (Å²) in [6.45, 7) is 0.718. The summed E-state index contributed by atoms with van der Waals surface area (Å²) in [5.74, 6) is -0.0650. The molecule has 0 bridgehead atoms. The smallest absolute Gasteiger partial charge is 0.262 e. The van der Waals surface area contributed by atoms with Crippen LogP contribution in [-0.4, -0.2) is 16.9 Å². The van der Waals surface area contributed by atoms with Crippen LogP contribution in [0.25, 0.3) is 0 Å². The fourth-order valence-electron chi connectivity index (χ4n) is 0.805. The van der Waals surface area contributed by atoms with Gasteiger partial charge in [0.25, 0.3) is 5.91 Å². The maximum Gasteiger partial charge on any atom is 0.262 e. The molecule has 1 N–H and O–H groups in total. The third kappa shape index (κ3) is 3.44. The summed E-state index contributed by atoms with van der Waals surface area (Å²) in [5, 5.41) is 5.16. The molecule has 0 aliphatic rings. The van der Waals surface area contributed by atoms with Crippen LogP contribution in [0.1, 0.15) is 16.1 Å². The molecule has 0 atom stereocenters. The highest BCUT2D eigenvalue weighted by molar-refractivity contribution is 14.1. The van der Waals surface area contributed by atoms with Crippen LogP contribution in [0.3, 0.4) is 0 Å². The molecule has 1 aromatic rings. The monoisotopic (exact) mass is 329 g/mol. The second-order valence-corrected chi connectivity index (χ2v) is 4.80. The third-order valence-corrected chi connectivity index (χ3v) is 3.52. The van der Waals surface area contributed by atoms with Gasteiger partial charge in [0, 0.05) is 11.0 Å². The lowest BCUT2D eigenvalue weighted by molar-refractivity contribution is 0.0958. The fourth-order valence-corrected chi connectivity index (χ4v) is 2.24. The van der Waals surface area contributed by atoms with Crippen LogP contribution in [0, 0.1) is 0 Å². The molecule has 0 saturated heterocycles. The molecule has 0 spiro atoms. The topological polar surface area (TPSA) is 29.1 Å². The predicted molar refractivity (Wildman–Crippen MR) is 65.2 cm³/mol. The van der Waals surface area contributed by atoms with Gasteiger partial charge in [0.2, 0.25) is 0 Å². The standard InChI is InChI=1S/C8H9ClINOS/c9-6-2-5-13-7(6)8(12)11-4-1-3-10/h2,5H,1,3-4H2,(H,11,12). The zero-order valence-corrected chi connectivity index (χ0v) is 10.6. The Labute approximate surface area is 99.8 Å². The highest BCUT2D eigenvalue weighted by atomic mass is 127. The SMILES string of the molecule is O=C(NCCCI)c1sccc1Cl. The largest absolute Gasteiger partial charge is 0.351 e. The number of hydrogen-bond donors (Lipinski definition) is 1. The number of carbonyl (C=O) groups is 1. The van der Waals surface area contributed by atoms with E-state index in [1.807, 2.05) is 5.38 Å². The molecule has 1 aromatic heterocycles. The first-order chi connectivity index (χ1) is 6.25. The fraction of sp³-hybridized carbons (Fsp3) is 0.375. The molecule has 1 rings (SSSR count). The molecule has 1 amide bonds. The van der Waals surface area contributed by atoms with Gasteiger partial charge in [-0.2, -0.15) is 0 Å². The zero-order valence-electron chi connectivity index (χ0n) is 6.85. The van der Waals surface area contributed by atoms with Crippen LogP contribution in [0.15, 0.2) is 11.4 Å². The lowest BCUT2D eigenvalue weighted by Crippen LogP contribution is -2.23. The van der Waals surface area contributed by atoms with Gasteiger partial charge in [0.15, 0.2) is 0 Å². The van der Waals surface area contributed by atoms with Gasteiger partial charge in [-0.15, -0.1) is 11.3 Å². The average molecular weight is 330 g/mol. The zero-order chi connectivity index (χ0) is 9.68. The molecule has 0 aliphatic carbocycles. The number of hydrogen-bond acceptors (Lipinski definition) is 2. The molecule has 72 valence electrons. The van der Waals surface area contributed by atoms with Crippen molar-refractivity contribution in [2.45, 2.75) is 6.42 Å². The summed E-state index contributed by atoms with van der Waals surface area (Å²) in [6.07, 6.45) is 0.995. The molecular weight excluding hydrogens is 321 g/mol. The van der Waals surface area contributed by atoms with Crippen molar-refractivity contribution in [3.05, 3.63) is 21.3 Å². The number of nitrogens with one attached hydrogen (secondary N) is 1. The number of amides is 1. The summed E-state index contributed by atoms with van der Waals surface area (Å²) >= 11 is 9.45. The van der Waals surface area contributed by atoms with Crippen LogP contribution in [0.2, 0.25) is 5.02 Å². The summed E-state index contributed by atoms with van der Waals surface area (Å²) < 4.78 is 1.05. The van der Waals surface area contributed by atoms with Crippen LogP contribution < -0.4 is 5.32 Å². The summed E-state index contributed by atoms with van der Waals surface area (Å²) in [7, 11) is 0. The van der Waals surface area contributed by atoms with Crippen LogP contribution in [0.4, 0.5) is 0 Å². The van der Waals surface area contributed by atoms with Gasteiger partial charge in [0.05, 0.1) is 5.02 Å². The van der Waals surface area contributed by atoms with E-state index >= 15 is 0 Å². The maximum atomic E-state index is 11.4. The third-order valence-electron chi connectivity index (χ3n) is 1.42. The Morgan fingerprint density at radius 1 is 1.69 bits per heavy atom. The minimum atomic E-state index is -0.0650. The number of thiophene rings is 1. The predicted octanol–water partition coefficient (Wildman–Crippen LogP) is 2.96. The van der Waals surface area contributed by atoms with Crippen molar-refractivity contribution >= 4 is 51.4 Å². The average Bonchev–Trinajstić information content (AvgIpc) is 2.52. The Balaban J connectivity index is 2.45.